The Bertz CT molecular complexity index is 1520. The molecule has 0 saturated heterocycles. The summed E-state index contributed by atoms with van der Waals surface area (Å²) in [5.74, 6) is -2.34. The first kappa shape index (κ1) is 63.7. The fourth-order valence-corrected chi connectivity index (χ4v) is 6.44. The van der Waals surface area contributed by atoms with Gasteiger partial charge in [-0.15, -0.1) is 0 Å². The highest BCUT2D eigenvalue weighted by Gasteiger charge is 2.21. The number of carbonyl (C=O) groups is 3. The van der Waals surface area contributed by atoms with Crippen molar-refractivity contribution in [3.05, 3.63) is 122 Å². The number of likely N-dealkylation sites (N-methyl/N-ethyl adjacent to an activating group) is 1. The average Bonchev–Trinajstić information content (AvgIpc) is 3.30. The van der Waals surface area contributed by atoms with Crippen LogP contribution in [-0.2, 0) is 33.3 Å². The van der Waals surface area contributed by atoms with Crippen LogP contribution >= 0.6 is 0 Å². The number of ether oxygens (including phenoxy) is 4. The minimum absolute atomic E-state index is 0.137. The molecule has 9 nitrogen and oxygen atoms in total. The van der Waals surface area contributed by atoms with Gasteiger partial charge in [-0.3, -0.25) is 9.59 Å². The van der Waals surface area contributed by atoms with Crippen LogP contribution in [-0.4, -0.2) is 82.3 Å². The first-order valence-corrected chi connectivity index (χ1v) is 26.2. The molecular formula is C59H95NO8. The third kappa shape index (κ3) is 49.6. The van der Waals surface area contributed by atoms with E-state index in [2.05, 4.69) is 135 Å². The summed E-state index contributed by atoms with van der Waals surface area (Å²) in [5, 5.41) is 11.7. The van der Waals surface area contributed by atoms with E-state index in [1.54, 1.807) is 0 Å². The lowest BCUT2D eigenvalue weighted by molar-refractivity contribution is -0.870. The molecule has 384 valence electrons. The maximum absolute atomic E-state index is 12.8. The lowest BCUT2D eigenvalue weighted by atomic mass is 10.1. The quantitative estimate of drug-likeness (QED) is 0.0195. The Labute approximate surface area is 415 Å². The van der Waals surface area contributed by atoms with Gasteiger partial charge in [0.2, 0.25) is 0 Å². The molecule has 0 aromatic rings. The van der Waals surface area contributed by atoms with E-state index < -0.39 is 24.3 Å². The van der Waals surface area contributed by atoms with Crippen molar-refractivity contribution in [3.63, 3.8) is 0 Å². The van der Waals surface area contributed by atoms with Crippen LogP contribution in [0.5, 0.6) is 0 Å². The highest BCUT2D eigenvalue weighted by molar-refractivity contribution is 5.70. The maximum Gasteiger partial charge on any atom is 0.306 e. The van der Waals surface area contributed by atoms with Crippen molar-refractivity contribution in [3.8, 4) is 0 Å². The highest BCUT2D eigenvalue weighted by atomic mass is 16.7. The first-order valence-electron chi connectivity index (χ1n) is 26.2. The zero-order valence-electron chi connectivity index (χ0n) is 43.4. The number of aliphatic carboxylic acids is 1. The summed E-state index contributed by atoms with van der Waals surface area (Å²) >= 11 is 0. The topological polar surface area (TPSA) is 111 Å². The Hall–Kier alpha value is -4.31. The van der Waals surface area contributed by atoms with Crippen LogP contribution in [0.3, 0.4) is 0 Å². The van der Waals surface area contributed by atoms with Crippen molar-refractivity contribution in [1.29, 1.82) is 0 Å². The molecular weight excluding hydrogens is 851 g/mol. The molecule has 0 aliphatic rings. The highest BCUT2D eigenvalue weighted by Crippen LogP contribution is 2.12. The summed E-state index contributed by atoms with van der Waals surface area (Å²) in [4.78, 5) is 36.9. The van der Waals surface area contributed by atoms with E-state index in [-0.39, 0.29) is 38.6 Å². The van der Waals surface area contributed by atoms with Crippen LogP contribution < -0.4 is 5.11 Å². The molecule has 0 radical (unpaired) electrons. The Balaban J connectivity index is 4.24. The summed E-state index contributed by atoms with van der Waals surface area (Å²) in [5.41, 5.74) is 0. The van der Waals surface area contributed by atoms with Gasteiger partial charge in [-0.25, -0.2) is 0 Å². The van der Waals surface area contributed by atoms with Crippen LogP contribution in [0.4, 0.5) is 0 Å². The van der Waals surface area contributed by atoms with Gasteiger partial charge in [0.15, 0.2) is 12.4 Å². The Morgan fingerprint density at radius 3 is 1.25 bits per heavy atom. The molecule has 0 N–H and O–H groups in total. The van der Waals surface area contributed by atoms with Gasteiger partial charge in [0.05, 0.1) is 40.3 Å². The molecule has 0 bridgehead atoms. The fourth-order valence-electron chi connectivity index (χ4n) is 6.44. The first-order chi connectivity index (χ1) is 33.1. The van der Waals surface area contributed by atoms with E-state index in [9.17, 15) is 19.5 Å². The molecule has 0 spiro atoms. The SMILES string of the molecule is CC/C=C\C/C=C\C/C=C\C/C=C\C/C=C\C/C=C\C/C=C\C/C=C\C/C=C\C/C=C\CCCCCCC(=O)OC(COC(=O)CCCCCCCCCC)COC(OCC[N+](C)(C)C)C(=O)[O-]. The summed E-state index contributed by atoms with van der Waals surface area (Å²) < 4.78 is 22.5. The minimum Gasteiger partial charge on any atom is -0.545 e. The second-order valence-electron chi connectivity index (χ2n) is 18.1. The lowest BCUT2D eigenvalue weighted by Crippen LogP contribution is -2.44. The van der Waals surface area contributed by atoms with Crippen molar-refractivity contribution in [2.45, 2.75) is 187 Å². The van der Waals surface area contributed by atoms with Gasteiger partial charge in [0, 0.05) is 12.8 Å². The van der Waals surface area contributed by atoms with Crippen LogP contribution in [0.25, 0.3) is 0 Å². The van der Waals surface area contributed by atoms with E-state index in [4.69, 9.17) is 18.9 Å². The smallest absolute Gasteiger partial charge is 0.306 e. The Kier molecular flexibility index (Phi) is 46.0. The van der Waals surface area contributed by atoms with Gasteiger partial charge >= 0.3 is 11.9 Å². The van der Waals surface area contributed by atoms with Crippen molar-refractivity contribution >= 4 is 17.9 Å². The molecule has 0 fully saturated rings. The number of esters is 2. The van der Waals surface area contributed by atoms with Crippen LogP contribution in [0, 0.1) is 0 Å². The standard InChI is InChI=1S/C59H95NO8/c1-6-8-10-12-14-16-17-18-19-20-21-22-23-24-25-26-27-28-29-30-31-32-33-34-35-36-37-38-39-40-41-42-44-46-48-50-57(62)68-55(54-67-59(58(63)64)65-52-51-60(3,4)5)53-66-56(61)49-47-45-43-15-13-11-9-7-2/h8,10,14,16,18-19,21-22,24-25,27-28,30-31,33-34,36-37,39-40,55,59H,6-7,9,11-13,15,17,20,23,26,29,32,35,38,41-54H2,1-5H3/b10-8-,16-14-,19-18-,22-21-,25-24-,28-27-,31-30-,34-33-,37-36-,40-39-. The number of nitrogens with zero attached hydrogens (tertiary/aromatic N) is 1. The normalized spacial score (nSPS) is 13.8. The number of hydrogen-bond donors (Lipinski definition) is 0. The van der Waals surface area contributed by atoms with E-state index in [0.29, 0.717) is 17.4 Å². The molecule has 0 aromatic carbocycles. The molecule has 68 heavy (non-hydrogen) atoms. The number of rotatable bonds is 46. The van der Waals surface area contributed by atoms with Crippen molar-refractivity contribution in [2.24, 2.45) is 0 Å². The molecule has 0 rings (SSSR count). The third-order valence-electron chi connectivity index (χ3n) is 10.5. The van der Waals surface area contributed by atoms with Gasteiger partial charge in [0.25, 0.3) is 0 Å². The predicted octanol–water partition coefficient (Wildman–Crippen LogP) is 13.6. The van der Waals surface area contributed by atoms with E-state index in [0.717, 1.165) is 109 Å². The number of carboxylic acids is 1. The zero-order chi connectivity index (χ0) is 49.9. The molecule has 0 aromatic heterocycles. The van der Waals surface area contributed by atoms with E-state index in [1.165, 1.54) is 32.1 Å². The molecule has 9 heteroatoms. The van der Waals surface area contributed by atoms with Gasteiger partial charge in [0.1, 0.15) is 13.2 Å². The zero-order valence-corrected chi connectivity index (χ0v) is 43.4. The number of quaternary nitrogens is 1. The number of allylic oxidation sites excluding steroid dienone is 20. The number of carboxylic acid groups (broad SMARTS) is 1. The van der Waals surface area contributed by atoms with Gasteiger partial charge in [-0.2, -0.15) is 0 Å². The summed E-state index contributed by atoms with van der Waals surface area (Å²) in [6.45, 7) is 4.53. The predicted molar refractivity (Wildman–Crippen MR) is 283 cm³/mol. The van der Waals surface area contributed by atoms with Gasteiger partial charge in [-0.05, 0) is 89.9 Å². The Morgan fingerprint density at radius 1 is 0.456 bits per heavy atom. The van der Waals surface area contributed by atoms with E-state index in [1.807, 2.05) is 21.1 Å². The number of carbonyl (C=O) groups excluding carboxylic acids is 3. The second kappa shape index (κ2) is 49.1. The molecule has 2 unspecified atom stereocenters. The molecule has 0 aliphatic carbocycles. The van der Waals surface area contributed by atoms with Crippen LogP contribution in [0.2, 0.25) is 0 Å². The molecule has 0 aliphatic heterocycles. The monoisotopic (exact) mass is 946 g/mol. The molecule has 0 saturated carbocycles. The summed E-state index contributed by atoms with van der Waals surface area (Å²) in [6.07, 6.45) is 65.5. The maximum atomic E-state index is 12.8. The molecule has 0 amide bonds. The summed E-state index contributed by atoms with van der Waals surface area (Å²) in [6, 6.07) is 0. The van der Waals surface area contributed by atoms with Gasteiger partial charge in [-0.1, -0.05) is 193 Å². The fraction of sp³-hybridized carbons (Fsp3) is 0.610. The van der Waals surface area contributed by atoms with Crippen molar-refractivity contribution < 1.29 is 42.9 Å². The van der Waals surface area contributed by atoms with Crippen molar-refractivity contribution in [2.75, 3.05) is 47.5 Å². The second-order valence-corrected chi connectivity index (χ2v) is 18.1. The average molecular weight is 946 g/mol. The van der Waals surface area contributed by atoms with Crippen molar-refractivity contribution in [1.82, 2.24) is 0 Å². The molecule has 0 heterocycles. The van der Waals surface area contributed by atoms with E-state index >= 15 is 0 Å². The summed E-state index contributed by atoms with van der Waals surface area (Å²) in [7, 11) is 5.89. The molecule has 2 atom stereocenters. The minimum atomic E-state index is -1.63. The van der Waals surface area contributed by atoms with Crippen LogP contribution in [0.1, 0.15) is 174 Å². The Morgan fingerprint density at radius 2 is 0.838 bits per heavy atom. The largest absolute Gasteiger partial charge is 0.545 e. The van der Waals surface area contributed by atoms with Crippen LogP contribution in [0.15, 0.2) is 122 Å². The number of hydrogen-bond acceptors (Lipinski definition) is 8. The third-order valence-corrected chi connectivity index (χ3v) is 10.5. The van der Waals surface area contributed by atoms with Gasteiger partial charge < -0.3 is 33.3 Å². The number of unbranched alkanes of at least 4 members (excludes halogenated alkanes) is 11. The lowest BCUT2D eigenvalue weighted by Gasteiger charge is -2.26.